The van der Waals surface area contributed by atoms with Crippen LogP contribution in [0.15, 0.2) is 35.5 Å². The van der Waals surface area contributed by atoms with E-state index >= 15 is 0 Å². The van der Waals surface area contributed by atoms with Crippen molar-refractivity contribution in [2.24, 2.45) is 5.10 Å². The lowest BCUT2D eigenvalue weighted by molar-refractivity contribution is 0.224. The average Bonchev–Trinajstić information content (AvgIpc) is 2.45. The van der Waals surface area contributed by atoms with Gasteiger partial charge in [-0.1, -0.05) is 17.7 Å². The molecule has 0 N–H and O–H groups in total. The van der Waals surface area contributed by atoms with Gasteiger partial charge in [-0.25, -0.2) is 4.79 Å². The van der Waals surface area contributed by atoms with Crippen molar-refractivity contribution in [3.05, 3.63) is 35.4 Å². The van der Waals surface area contributed by atoms with Gasteiger partial charge in [-0.2, -0.15) is 10.1 Å². The highest BCUT2D eigenvalue weighted by molar-refractivity contribution is 6.32. The molecule has 120 valence electrons. The largest absolute Gasteiger partial charge is 0.489 e. The molecule has 0 saturated carbocycles. The van der Waals surface area contributed by atoms with Crippen LogP contribution in [-0.4, -0.2) is 37.3 Å². The second-order valence-electron chi connectivity index (χ2n) is 5.06. The van der Waals surface area contributed by atoms with Crippen LogP contribution in [0.1, 0.15) is 20.8 Å². The van der Waals surface area contributed by atoms with Gasteiger partial charge in [0.05, 0.1) is 16.8 Å². The molecule has 0 atom stereocenters. The van der Waals surface area contributed by atoms with Gasteiger partial charge in [-0.15, -0.1) is 0 Å². The molecular weight excluding hydrogens is 302 g/mol. The number of carbonyl (C=O) groups excluding carboxylic acids is 1. The van der Waals surface area contributed by atoms with Gasteiger partial charge in [0.25, 0.3) is 0 Å². The van der Waals surface area contributed by atoms with Crippen molar-refractivity contribution in [3.63, 3.8) is 0 Å². The van der Waals surface area contributed by atoms with Crippen LogP contribution in [0.5, 0.6) is 5.75 Å². The summed E-state index contributed by atoms with van der Waals surface area (Å²) in [5.41, 5.74) is 0.570. The number of allylic oxidation sites excluding steroid dienone is 2. The van der Waals surface area contributed by atoms with Crippen LogP contribution in [-0.2, 0) is 0 Å². The Hall–Kier alpha value is -2.01. The summed E-state index contributed by atoms with van der Waals surface area (Å²) >= 11 is 6.22. The van der Waals surface area contributed by atoms with Crippen LogP contribution in [0.2, 0.25) is 5.02 Å². The van der Waals surface area contributed by atoms with Crippen LogP contribution in [0.25, 0.3) is 0 Å². The SMILES string of the molecule is C/C=C/C=N/N(C(=O)N(C)C)c1ccc(OC(C)C)c(Cl)c1. The van der Waals surface area contributed by atoms with Crippen molar-refractivity contribution >= 4 is 29.5 Å². The number of rotatable bonds is 5. The molecule has 5 nitrogen and oxygen atoms in total. The van der Waals surface area contributed by atoms with Crippen LogP contribution < -0.4 is 9.75 Å². The highest BCUT2D eigenvalue weighted by atomic mass is 35.5. The number of benzene rings is 1. The molecule has 1 aromatic carbocycles. The van der Waals surface area contributed by atoms with E-state index in [0.717, 1.165) is 0 Å². The number of carbonyl (C=O) groups is 1. The van der Waals surface area contributed by atoms with Crippen LogP contribution in [0, 0.1) is 0 Å². The summed E-state index contributed by atoms with van der Waals surface area (Å²) in [4.78, 5) is 13.7. The minimum atomic E-state index is -0.269. The van der Waals surface area contributed by atoms with Crippen molar-refractivity contribution in [1.29, 1.82) is 0 Å². The van der Waals surface area contributed by atoms with Crippen molar-refractivity contribution in [2.75, 3.05) is 19.1 Å². The molecule has 0 aliphatic carbocycles. The van der Waals surface area contributed by atoms with Gasteiger partial charge in [-0.3, -0.25) is 0 Å². The van der Waals surface area contributed by atoms with E-state index in [1.54, 1.807) is 44.6 Å². The van der Waals surface area contributed by atoms with Crippen molar-refractivity contribution in [1.82, 2.24) is 4.90 Å². The molecule has 0 saturated heterocycles. The molecule has 0 aliphatic heterocycles. The third-order valence-electron chi connectivity index (χ3n) is 2.55. The molecule has 0 unspecified atom stereocenters. The Morgan fingerprint density at radius 1 is 1.36 bits per heavy atom. The lowest BCUT2D eigenvalue weighted by atomic mass is 10.3. The van der Waals surface area contributed by atoms with E-state index in [2.05, 4.69) is 5.10 Å². The standard InChI is InChI=1S/C16H22ClN3O2/c1-6-7-10-18-20(16(21)19(4)5)13-8-9-15(14(17)11-13)22-12(2)3/h6-12H,1-5H3/b7-6+,18-10+. The Balaban J connectivity index is 3.14. The molecule has 1 rings (SSSR count). The van der Waals surface area contributed by atoms with Gasteiger partial charge in [0.1, 0.15) is 5.75 Å². The quantitative estimate of drug-likeness (QED) is 0.603. The molecule has 0 aromatic heterocycles. The number of hydrazone groups is 1. The second-order valence-corrected chi connectivity index (χ2v) is 5.47. The van der Waals surface area contributed by atoms with Crippen molar-refractivity contribution in [2.45, 2.75) is 26.9 Å². The summed E-state index contributed by atoms with van der Waals surface area (Å²) in [5.74, 6) is 0.579. The van der Waals surface area contributed by atoms with E-state index in [9.17, 15) is 4.79 Å². The third-order valence-corrected chi connectivity index (χ3v) is 2.84. The topological polar surface area (TPSA) is 45.1 Å². The van der Waals surface area contributed by atoms with Gasteiger partial charge in [0.2, 0.25) is 0 Å². The lowest BCUT2D eigenvalue weighted by Gasteiger charge is -2.22. The summed E-state index contributed by atoms with van der Waals surface area (Å²) in [7, 11) is 3.33. The number of halogens is 1. The predicted molar refractivity (Wildman–Crippen MR) is 92.1 cm³/mol. The first-order chi connectivity index (χ1) is 10.4. The fraction of sp³-hybridized carbons (Fsp3) is 0.375. The normalized spacial score (nSPS) is 11.4. The van der Waals surface area contributed by atoms with E-state index in [1.165, 1.54) is 9.91 Å². The predicted octanol–water partition coefficient (Wildman–Crippen LogP) is 4.18. The Kier molecular flexibility index (Phi) is 6.92. The zero-order chi connectivity index (χ0) is 16.7. The molecule has 0 fully saturated rings. The number of ether oxygens (including phenoxy) is 1. The summed E-state index contributed by atoms with van der Waals surface area (Å²) in [5, 5.41) is 5.88. The Morgan fingerprint density at radius 2 is 2.05 bits per heavy atom. The van der Waals surface area contributed by atoms with Crippen LogP contribution in [0.4, 0.5) is 10.5 Å². The van der Waals surface area contributed by atoms with Gasteiger partial charge in [0.15, 0.2) is 0 Å². The van der Waals surface area contributed by atoms with Gasteiger partial charge < -0.3 is 9.64 Å². The second kappa shape index (κ2) is 8.44. The minimum Gasteiger partial charge on any atom is -0.489 e. The van der Waals surface area contributed by atoms with E-state index in [1.807, 2.05) is 26.8 Å². The lowest BCUT2D eigenvalue weighted by Crippen LogP contribution is -2.35. The number of hydrogen-bond acceptors (Lipinski definition) is 3. The van der Waals surface area contributed by atoms with Gasteiger partial charge in [0, 0.05) is 20.3 Å². The van der Waals surface area contributed by atoms with Crippen molar-refractivity contribution in [3.8, 4) is 5.75 Å². The smallest absolute Gasteiger partial charge is 0.344 e. The summed E-state index contributed by atoms with van der Waals surface area (Å²) in [6.07, 6.45) is 5.14. The maximum atomic E-state index is 12.3. The van der Waals surface area contributed by atoms with Gasteiger partial charge >= 0.3 is 6.03 Å². The first-order valence-corrected chi connectivity index (χ1v) is 7.37. The molecule has 22 heavy (non-hydrogen) atoms. The van der Waals surface area contributed by atoms with E-state index in [-0.39, 0.29) is 12.1 Å². The Morgan fingerprint density at radius 3 is 2.55 bits per heavy atom. The van der Waals surface area contributed by atoms with Gasteiger partial charge in [-0.05, 0) is 45.0 Å². The number of anilines is 1. The summed E-state index contributed by atoms with van der Waals surface area (Å²) < 4.78 is 5.59. The number of hydrogen-bond donors (Lipinski definition) is 0. The summed E-state index contributed by atoms with van der Waals surface area (Å²) in [6.45, 7) is 5.72. The minimum absolute atomic E-state index is 0.0237. The first kappa shape index (κ1) is 18.0. The van der Waals surface area contributed by atoms with E-state index < -0.39 is 0 Å². The first-order valence-electron chi connectivity index (χ1n) is 6.99. The van der Waals surface area contributed by atoms with E-state index in [4.69, 9.17) is 16.3 Å². The summed E-state index contributed by atoms with van der Waals surface area (Å²) in [6, 6.07) is 4.87. The molecule has 0 aliphatic rings. The monoisotopic (exact) mass is 323 g/mol. The Bertz CT molecular complexity index is 569. The molecule has 6 heteroatoms. The molecule has 2 amide bonds. The Labute approximate surface area is 136 Å². The van der Waals surface area contributed by atoms with Crippen LogP contribution >= 0.6 is 11.6 Å². The number of nitrogens with zero attached hydrogens (tertiary/aromatic N) is 3. The zero-order valence-electron chi connectivity index (χ0n) is 13.6. The van der Waals surface area contributed by atoms with E-state index in [0.29, 0.717) is 16.5 Å². The molecular formula is C16H22ClN3O2. The fourth-order valence-corrected chi connectivity index (χ4v) is 1.80. The number of amides is 2. The van der Waals surface area contributed by atoms with Crippen molar-refractivity contribution < 1.29 is 9.53 Å². The van der Waals surface area contributed by atoms with Crippen LogP contribution in [0.3, 0.4) is 0 Å². The highest BCUT2D eigenvalue weighted by Gasteiger charge is 2.18. The molecule has 0 bridgehead atoms. The molecule has 0 heterocycles. The molecule has 1 aromatic rings. The third kappa shape index (κ3) is 5.07. The average molecular weight is 324 g/mol. The maximum Gasteiger partial charge on any atom is 0.344 e. The molecule has 0 spiro atoms. The fourth-order valence-electron chi connectivity index (χ4n) is 1.58. The maximum absolute atomic E-state index is 12.3. The zero-order valence-corrected chi connectivity index (χ0v) is 14.3. The number of urea groups is 1. The molecule has 0 radical (unpaired) electrons. The highest BCUT2D eigenvalue weighted by Crippen LogP contribution is 2.30.